The molecule has 0 spiro atoms. The molecule has 3 N–H and O–H groups in total. The van der Waals surface area contributed by atoms with Crippen LogP contribution in [-0.2, 0) is 17.8 Å². The summed E-state index contributed by atoms with van der Waals surface area (Å²) in [4.78, 5) is 12.2. The molecule has 4 aromatic rings. The van der Waals surface area contributed by atoms with Crippen LogP contribution in [0.1, 0.15) is 29.0 Å². The molecule has 1 atom stereocenters. The van der Waals surface area contributed by atoms with E-state index in [-0.39, 0.29) is 24.1 Å². The van der Waals surface area contributed by atoms with Gasteiger partial charge in [-0.2, -0.15) is 0 Å². The molecule has 0 aliphatic carbocycles. The van der Waals surface area contributed by atoms with Gasteiger partial charge in [0.25, 0.3) is 0 Å². The smallest absolute Gasteiger partial charge is 0.234 e. The lowest BCUT2D eigenvalue weighted by Crippen LogP contribution is -2.31. The van der Waals surface area contributed by atoms with Crippen LogP contribution in [0.4, 0.5) is 4.39 Å². The number of hydrazine groups is 1. The quantitative estimate of drug-likeness (QED) is 0.228. The summed E-state index contributed by atoms with van der Waals surface area (Å²) in [6.45, 7) is 0.324. The number of nitrogens with two attached hydrogens (primary N) is 1. The molecule has 1 unspecified atom stereocenters. The number of fused-ring (bicyclic) bond motifs is 1. The molecule has 0 saturated carbocycles. The summed E-state index contributed by atoms with van der Waals surface area (Å²) >= 11 is 0. The number of benzene rings is 4. The third kappa shape index (κ3) is 5.13. The van der Waals surface area contributed by atoms with Crippen molar-refractivity contribution in [3.05, 3.63) is 114 Å². The molecule has 4 nitrogen and oxygen atoms in total. The summed E-state index contributed by atoms with van der Waals surface area (Å²) in [7, 11) is 0. The van der Waals surface area contributed by atoms with E-state index in [0.717, 1.165) is 33.2 Å². The lowest BCUT2D eigenvalue weighted by Gasteiger charge is -2.21. The largest absolute Gasteiger partial charge is 0.489 e. The van der Waals surface area contributed by atoms with E-state index >= 15 is 0 Å². The van der Waals surface area contributed by atoms with Gasteiger partial charge in [-0.15, -0.1) is 0 Å². The van der Waals surface area contributed by atoms with Crippen molar-refractivity contribution in [1.29, 1.82) is 0 Å². The Hall–Kier alpha value is -3.70. The zero-order valence-corrected chi connectivity index (χ0v) is 17.6. The Bertz CT molecular complexity index is 1190. The van der Waals surface area contributed by atoms with Gasteiger partial charge in [-0.3, -0.25) is 10.2 Å². The molecular formula is C27H25FN2O2. The van der Waals surface area contributed by atoms with Crippen LogP contribution in [0.25, 0.3) is 10.8 Å². The number of carbonyl (C=O) groups is 1. The predicted molar refractivity (Wildman–Crippen MR) is 125 cm³/mol. The van der Waals surface area contributed by atoms with Gasteiger partial charge in [0.2, 0.25) is 5.91 Å². The Morgan fingerprint density at radius 2 is 1.62 bits per heavy atom. The third-order valence-corrected chi connectivity index (χ3v) is 5.62. The Morgan fingerprint density at radius 1 is 0.906 bits per heavy atom. The summed E-state index contributed by atoms with van der Waals surface area (Å²) < 4.78 is 19.4. The summed E-state index contributed by atoms with van der Waals surface area (Å²) in [6, 6.07) is 28.4. The minimum absolute atomic E-state index is 0.0706. The van der Waals surface area contributed by atoms with Gasteiger partial charge in [0.05, 0.1) is 0 Å². The van der Waals surface area contributed by atoms with Crippen LogP contribution in [0.15, 0.2) is 91.0 Å². The number of hydrogen-bond donors (Lipinski definition) is 2. The first-order valence-corrected chi connectivity index (χ1v) is 10.6. The zero-order chi connectivity index (χ0) is 22.3. The van der Waals surface area contributed by atoms with Crippen molar-refractivity contribution >= 4 is 16.7 Å². The highest BCUT2D eigenvalue weighted by atomic mass is 19.1. The van der Waals surface area contributed by atoms with Crippen LogP contribution in [0.3, 0.4) is 0 Å². The SMILES string of the molecule is NNC(=O)CC(Cc1c(OCc2ccc(F)cc2)ccc2ccccc12)c1ccccc1. The molecule has 162 valence electrons. The zero-order valence-electron chi connectivity index (χ0n) is 17.6. The molecule has 0 bridgehead atoms. The number of nitrogens with one attached hydrogen (secondary N) is 1. The molecular weight excluding hydrogens is 403 g/mol. The molecule has 4 rings (SSSR count). The van der Waals surface area contributed by atoms with E-state index in [1.54, 1.807) is 12.1 Å². The van der Waals surface area contributed by atoms with Crippen LogP contribution < -0.4 is 16.0 Å². The minimum atomic E-state index is -0.274. The fraction of sp³-hybridized carbons (Fsp3) is 0.148. The van der Waals surface area contributed by atoms with Crippen LogP contribution in [0.5, 0.6) is 5.75 Å². The van der Waals surface area contributed by atoms with Crippen molar-refractivity contribution in [2.75, 3.05) is 0 Å². The van der Waals surface area contributed by atoms with Crippen LogP contribution in [-0.4, -0.2) is 5.91 Å². The van der Waals surface area contributed by atoms with Crippen LogP contribution >= 0.6 is 0 Å². The monoisotopic (exact) mass is 428 g/mol. The predicted octanol–water partition coefficient (Wildman–Crippen LogP) is 5.26. The molecule has 4 aromatic carbocycles. The maximum absolute atomic E-state index is 13.2. The van der Waals surface area contributed by atoms with Crippen molar-refractivity contribution in [2.45, 2.75) is 25.4 Å². The first-order chi connectivity index (χ1) is 15.6. The second-order valence-corrected chi connectivity index (χ2v) is 7.76. The molecule has 0 aliphatic heterocycles. The Labute approximate surface area is 186 Å². The highest BCUT2D eigenvalue weighted by Crippen LogP contribution is 2.34. The first kappa shape index (κ1) is 21.5. The molecule has 0 aromatic heterocycles. The van der Waals surface area contributed by atoms with Gasteiger partial charge in [0.15, 0.2) is 0 Å². The normalized spacial score (nSPS) is 11.8. The summed E-state index contributed by atoms with van der Waals surface area (Å²) in [5.74, 6) is 5.58. The number of amides is 1. The van der Waals surface area contributed by atoms with Crippen molar-refractivity contribution < 1.29 is 13.9 Å². The first-order valence-electron chi connectivity index (χ1n) is 10.6. The van der Waals surface area contributed by atoms with E-state index in [4.69, 9.17) is 10.6 Å². The van der Waals surface area contributed by atoms with Crippen molar-refractivity contribution in [2.24, 2.45) is 5.84 Å². The second kappa shape index (κ2) is 10.1. The average Bonchev–Trinajstić information content (AvgIpc) is 2.84. The van der Waals surface area contributed by atoms with Gasteiger partial charge in [0, 0.05) is 12.0 Å². The Kier molecular flexibility index (Phi) is 6.78. The van der Waals surface area contributed by atoms with Gasteiger partial charge >= 0.3 is 0 Å². The van der Waals surface area contributed by atoms with E-state index < -0.39 is 0 Å². The number of carbonyl (C=O) groups excluding carboxylic acids is 1. The standard InChI is InChI=1S/C27H25FN2O2/c28-23-13-10-19(11-14-23)18-32-26-15-12-21-8-4-5-9-24(21)25(26)16-22(17-27(31)30-29)20-6-2-1-3-7-20/h1-15,22H,16-18,29H2,(H,30,31). The van der Waals surface area contributed by atoms with Crippen molar-refractivity contribution in [1.82, 2.24) is 5.43 Å². The van der Waals surface area contributed by atoms with Crippen molar-refractivity contribution in [3.63, 3.8) is 0 Å². The van der Waals surface area contributed by atoms with Crippen LogP contribution in [0, 0.1) is 5.82 Å². The lowest BCUT2D eigenvalue weighted by molar-refractivity contribution is -0.121. The maximum atomic E-state index is 13.2. The van der Waals surface area contributed by atoms with E-state index in [0.29, 0.717) is 13.0 Å². The summed E-state index contributed by atoms with van der Waals surface area (Å²) in [5, 5.41) is 2.19. The lowest BCUT2D eigenvalue weighted by atomic mass is 9.87. The van der Waals surface area contributed by atoms with Crippen LogP contribution in [0.2, 0.25) is 0 Å². The number of halogens is 1. The fourth-order valence-corrected chi connectivity index (χ4v) is 3.97. The van der Waals surface area contributed by atoms with E-state index in [9.17, 15) is 9.18 Å². The molecule has 5 heteroatoms. The second-order valence-electron chi connectivity index (χ2n) is 7.76. The molecule has 32 heavy (non-hydrogen) atoms. The summed E-state index contributed by atoms with van der Waals surface area (Å²) in [5.41, 5.74) is 5.23. The fourth-order valence-electron chi connectivity index (χ4n) is 3.97. The molecule has 0 radical (unpaired) electrons. The molecule has 0 saturated heterocycles. The third-order valence-electron chi connectivity index (χ3n) is 5.62. The Morgan fingerprint density at radius 3 is 2.38 bits per heavy atom. The van der Waals surface area contributed by atoms with E-state index in [1.807, 2.05) is 54.6 Å². The van der Waals surface area contributed by atoms with Gasteiger partial charge in [0.1, 0.15) is 18.2 Å². The van der Waals surface area contributed by atoms with Gasteiger partial charge in [-0.1, -0.05) is 72.8 Å². The van der Waals surface area contributed by atoms with E-state index in [2.05, 4.69) is 17.6 Å². The highest BCUT2D eigenvalue weighted by molar-refractivity contribution is 5.88. The Balaban J connectivity index is 1.70. The number of rotatable bonds is 8. The highest BCUT2D eigenvalue weighted by Gasteiger charge is 2.20. The van der Waals surface area contributed by atoms with Gasteiger partial charge in [-0.25, -0.2) is 10.2 Å². The number of hydrogen-bond acceptors (Lipinski definition) is 3. The maximum Gasteiger partial charge on any atom is 0.234 e. The molecule has 1 amide bonds. The number of ether oxygens (including phenoxy) is 1. The topological polar surface area (TPSA) is 64.3 Å². The minimum Gasteiger partial charge on any atom is -0.489 e. The molecule has 0 heterocycles. The molecule has 0 aliphatic rings. The van der Waals surface area contributed by atoms with Gasteiger partial charge < -0.3 is 4.74 Å². The molecule has 0 fully saturated rings. The van der Waals surface area contributed by atoms with Gasteiger partial charge in [-0.05, 0) is 52.4 Å². The van der Waals surface area contributed by atoms with E-state index in [1.165, 1.54) is 12.1 Å². The van der Waals surface area contributed by atoms with Crippen molar-refractivity contribution in [3.8, 4) is 5.75 Å². The average molecular weight is 429 g/mol. The summed E-state index contributed by atoms with van der Waals surface area (Å²) in [6.07, 6.45) is 0.874.